The number of nitrogens with one attached hydrogen (secondary N) is 1. The first kappa shape index (κ1) is 21.2. The summed E-state index contributed by atoms with van der Waals surface area (Å²) in [7, 11) is 0. The zero-order valence-corrected chi connectivity index (χ0v) is 16.1. The fraction of sp³-hybridized carbons (Fsp3) is 0.318. The van der Waals surface area contributed by atoms with Gasteiger partial charge in [-0.05, 0) is 55.7 Å². The van der Waals surface area contributed by atoms with Crippen LogP contribution in [0.5, 0.6) is 5.75 Å². The summed E-state index contributed by atoms with van der Waals surface area (Å²) >= 11 is 0. The zero-order valence-electron chi connectivity index (χ0n) is 16.1. The minimum Gasteiger partial charge on any atom is -0.494 e. The van der Waals surface area contributed by atoms with E-state index in [4.69, 9.17) is 9.84 Å². The number of ether oxygens (including phenoxy) is 1. The van der Waals surface area contributed by atoms with Crippen molar-refractivity contribution in [1.82, 2.24) is 5.32 Å². The van der Waals surface area contributed by atoms with Gasteiger partial charge in [-0.1, -0.05) is 24.3 Å². The maximum atomic E-state index is 12.3. The number of benzene rings is 2. The number of carbonyl (C=O) groups excluding carboxylic acids is 2. The average Bonchev–Trinajstić information content (AvgIpc) is 2.65. The Labute approximate surface area is 164 Å². The van der Waals surface area contributed by atoms with E-state index >= 15 is 0 Å². The van der Waals surface area contributed by atoms with Gasteiger partial charge in [-0.2, -0.15) is 0 Å². The molecule has 2 N–H and O–H groups in total. The molecule has 2 aromatic rings. The number of carboxylic acid groups (broad SMARTS) is 1. The maximum Gasteiger partial charge on any atom is 0.305 e. The Morgan fingerprint density at radius 1 is 1.07 bits per heavy atom. The lowest BCUT2D eigenvalue weighted by Crippen LogP contribution is -2.30. The third kappa shape index (κ3) is 6.54. The number of carbonyl (C=O) groups is 3. The van der Waals surface area contributed by atoms with Gasteiger partial charge in [0.15, 0.2) is 5.78 Å². The van der Waals surface area contributed by atoms with E-state index in [9.17, 15) is 14.4 Å². The molecule has 0 fully saturated rings. The molecule has 6 heteroatoms. The van der Waals surface area contributed by atoms with E-state index in [2.05, 4.69) is 5.32 Å². The van der Waals surface area contributed by atoms with Gasteiger partial charge in [0.05, 0.1) is 19.1 Å². The van der Waals surface area contributed by atoms with Gasteiger partial charge < -0.3 is 15.2 Å². The zero-order chi connectivity index (χ0) is 20.5. The van der Waals surface area contributed by atoms with Crippen molar-refractivity contribution in [1.29, 1.82) is 0 Å². The van der Waals surface area contributed by atoms with Gasteiger partial charge in [-0.15, -0.1) is 0 Å². The fourth-order valence-corrected chi connectivity index (χ4v) is 2.87. The molecule has 0 spiro atoms. The SMILES string of the molecule is CC(=O)c1ccc(OCCCC(=O)NC(CC(=O)O)c2ccccc2C)cc1. The van der Waals surface area contributed by atoms with Gasteiger partial charge in [0.2, 0.25) is 5.91 Å². The summed E-state index contributed by atoms with van der Waals surface area (Å²) in [5, 5.41) is 12.0. The second-order valence-electron chi connectivity index (χ2n) is 6.61. The molecule has 0 aliphatic rings. The number of hydrogen-bond donors (Lipinski definition) is 2. The number of aliphatic carboxylic acids is 1. The number of rotatable bonds is 10. The Bertz CT molecular complexity index is 829. The summed E-state index contributed by atoms with van der Waals surface area (Å²) in [6.45, 7) is 3.74. The number of ketones is 1. The molecule has 0 heterocycles. The van der Waals surface area contributed by atoms with Gasteiger partial charge in [-0.3, -0.25) is 14.4 Å². The first-order valence-corrected chi connectivity index (χ1v) is 9.17. The lowest BCUT2D eigenvalue weighted by molar-refractivity contribution is -0.137. The first-order valence-electron chi connectivity index (χ1n) is 9.17. The molecular formula is C22H25NO5. The summed E-state index contributed by atoms with van der Waals surface area (Å²) in [6.07, 6.45) is 0.553. The quantitative estimate of drug-likeness (QED) is 0.482. The van der Waals surface area contributed by atoms with Crippen molar-refractivity contribution in [2.24, 2.45) is 0 Å². The summed E-state index contributed by atoms with van der Waals surface area (Å²) in [6, 6.07) is 13.7. The monoisotopic (exact) mass is 383 g/mol. The van der Waals surface area contributed by atoms with E-state index in [0.717, 1.165) is 11.1 Å². The van der Waals surface area contributed by atoms with Gasteiger partial charge in [0.25, 0.3) is 0 Å². The molecule has 148 valence electrons. The van der Waals surface area contributed by atoms with Crippen LogP contribution in [0.15, 0.2) is 48.5 Å². The van der Waals surface area contributed by atoms with Crippen LogP contribution in [0.1, 0.15) is 53.7 Å². The lowest BCUT2D eigenvalue weighted by Gasteiger charge is -2.19. The number of Topliss-reactive ketones (excluding diaryl/α,β-unsaturated/α-hetero) is 1. The molecule has 0 bridgehead atoms. The molecule has 0 aromatic heterocycles. The summed E-state index contributed by atoms with van der Waals surface area (Å²) < 4.78 is 5.58. The molecule has 1 atom stereocenters. The number of carboxylic acids is 1. The van der Waals surface area contributed by atoms with Crippen molar-refractivity contribution in [3.05, 3.63) is 65.2 Å². The van der Waals surface area contributed by atoms with E-state index in [1.54, 1.807) is 24.3 Å². The smallest absolute Gasteiger partial charge is 0.305 e. The third-order valence-electron chi connectivity index (χ3n) is 4.36. The van der Waals surface area contributed by atoms with Gasteiger partial charge in [0, 0.05) is 12.0 Å². The number of aryl methyl sites for hydroxylation is 1. The normalized spacial score (nSPS) is 11.5. The molecule has 2 aromatic carbocycles. The molecule has 2 rings (SSSR count). The second-order valence-corrected chi connectivity index (χ2v) is 6.61. The summed E-state index contributed by atoms with van der Waals surface area (Å²) in [4.78, 5) is 34.7. The number of hydrogen-bond acceptors (Lipinski definition) is 4. The average molecular weight is 383 g/mol. The lowest BCUT2D eigenvalue weighted by atomic mass is 9.98. The fourth-order valence-electron chi connectivity index (χ4n) is 2.87. The second kappa shape index (κ2) is 10.3. The Kier molecular flexibility index (Phi) is 7.75. The van der Waals surface area contributed by atoms with Crippen molar-refractivity contribution >= 4 is 17.7 Å². The van der Waals surface area contributed by atoms with E-state index in [0.29, 0.717) is 24.3 Å². The van der Waals surface area contributed by atoms with Crippen LogP contribution in [0.25, 0.3) is 0 Å². The van der Waals surface area contributed by atoms with Crippen LogP contribution in [-0.4, -0.2) is 29.4 Å². The largest absolute Gasteiger partial charge is 0.494 e. The van der Waals surface area contributed by atoms with E-state index in [-0.39, 0.29) is 24.5 Å². The topological polar surface area (TPSA) is 92.7 Å². The highest BCUT2D eigenvalue weighted by atomic mass is 16.5. The molecule has 6 nitrogen and oxygen atoms in total. The van der Waals surface area contributed by atoms with Crippen LogP contribution in [0, 0.1) is 6.92 Å². The van der Waals surface area contributed by atoms with Crippen molar-refractivity contribution in [2.75, 3.05) is 6.61 Å². The Hall–Kier alpha value is -3.15. The van der Waals surface area contributed by atoms with Gasteiger partial charge in [0.1, 0.15) is 5.75 Å². The Morgan fingerprint density at radius 3 is 2.36 bits per heavy atom. The highest BCUT2D eigenvalue weighted by molar-refractivity contribution is 5.94. The molecular weight excluding hydrogens is 358 g/mol. The van der Waals surface area contributed by atoms with Crippen molar-refractivity contribution in [3.63, 3.8) is 0 Å². The van der Waals surface area contributed by atoms with Crippen LogP contribution in [0.4, 0.5) is 0 Å². The van der Waals surface area contributed by atoms with Crippen molar-refractivity contribution in [3.8, 4) is 5.75 Å². The van der Waals surface area contributed by atoms with Crippen LogP contribution in [0.2, 0.25) is 0 Å². The van der Waals surface area contributed by atoms with Crippen LogP contribution >= 0.6 is 0 Å². The summed E-state index contributed by atoms with van der Waals surface area (Å²) in [5.74, 6) is -0.558. The third-order valence-corrected chi connectivity index (χ3v) is 4.36. The first-order chi connectivity index (χ1) is 13.4. The molecule has 0 radical (unpaired) electrons. The highest BCUT2D eigenvalue weighted by Gasteiger charge is 2.19. The van der Waals surface area contributed by atoms with Crippen LogP contribution in [0.3, 0.4) is 0 Å². The minimum atomic E-state index is -0.967. The molecule has 0 aliphatic heterocycles. The van der Waals surface area contributed by atoms with Gasteiger partial charge in [-0.25, -0.2) is 0 Å². The van der Waals surface area contributed by atoms with Crippen molar-refractivity contribution in [2.45, 2.75) is 39.2 Å². The standard InChI is InChI=1S/C22H25NO5/c1-15-6-3-4-7-19(15)20(14-22(26)27)23-21(25)8-5-13-28-18-11-9-17(10-12-18)16(2)24/h3-4,6-7,9-12,20H,5,8,13-14H2,1-2H3,(H,23,25)(H,26,27). The Balaban J connectivity index is 1.83. The van der Waals surface area contributed by atoms with Gasteiger partial charge >= 0.3 is 5.97 Å². The van der Waals surface area contributed by atoms with Crippen molar-refractivity contribution < 1.29 is 24.2 Å². The molecule has 0 saturated carbocycles. The molecule has 0 aliphatic carbocycles. The molecule has 28 heavy (non-hydrogen) atoms. The predicted molar refractivity (Wildman–Crippen MR) is 105 cm³/mol. The predicted octanol–water partition coefficient (Wildman–Crippen LogP) is 3.69. The van der Waals surface area contributed by atoms with E-state index < -0.39 is 12.0 Å². The number of amides is 1. The van der Waals surface area contributed by atoms with E-state index in [1.165, 1.54) is 6.92 Å². The van der Waals surface area contributed by atoms with Crippen LogP contribution < -0.4 is 10.1 Å². The molecule has 1 unspecified atom stereocenters. The van der Waals surface area contributed by atoms with E-state index in [1.807, 2.05) is 31.2 Å². The molecule has 0 saturated heterocycles. The maximum absolute atomic E-state index is 12.3. The van der Waals surface area contributed by atoms with Crippen LogP contribution in [-0.2, 0) is 9.59 Å². The minimum absolute atomic E-state index is 0.00668. The summed E-state index contributed by atoms with van der Waals surface area (Å²) in [5.41, 5.74) is 2.36. The molecule has 1 amide bonds. The highest BCUT2D eigenvalue weighted by Crippen LogP contribution is 2.21. The Morgan fingerprint density at radius 2 is 1.75 bits per heavy atom.